The van der Waals surface area contributed by atoms with Crippen LogP contribution in [0.15, 0.2) is 82.2 Å². The van der Waals surface area contributed by atoms with E-state index in [2.05, 4.69) is 10.5 Å². The number of nitrogens with one attached hydrogen (secondary N) is 1. The highest BCUT2D eigenvalue weighted by Gasteiger charge is 2.64. The number of fused-ring (bicyclic) bond motifs is 3. The number of carbonyl (C=O) groups is 5. The van der Waals surface area contributed by atoms with E-state index in [0.29, 0.717) is 61.4 Å². The highest BCUT2D eigenvalue weighted by molar-refractivity contribution is 8.13. The number of hydrazine groups is 1. The number of alkyl halides is 2. The summed E-state index contributed by atoms with van der Waals surface area (Å²) in [6.07, 6.45) is 5.82. The zero-order chi connectivity index (χ0) is 54.8. The van der Waals surface area contributed by atoms with E-state index in [0.717, 1.165) is 64.5 Å². The summed E-state index contributed by atoms with van der Waals surface area (Å²) < 4.78 is 65.4. The first kappa shape index (κ1) is 55.9. The van der Waals surface area contributed by atoms with E-state index in [9.17, 15) is 33.4 Å². The van der Waals surface area contributed by atoms with Crippen molar-refractivity contribution in [2.75, 3.05) is 44.4 Å². The summed E-state index contributed by atoms with van der Waals surface area (Å²) in [5.41, 5.74) is -3.45. The van der Waals surface area contributed by atoms with Gasteiger partial charge in [-0.05, 0) is 105 Å². The lowest BCUT2D eigenvalue weighted by atomic mass is 9.96. The molecule has 1 saturated carbocycles. The van der Waals surface area contributed by atoms with Crippen LogP contribution in [0, 0.1) is 11.8 Å². The number of nitrogens with zero attached hydrogens (tertiary/aromatic N) is 6. The smallest absolute Gasteiger partial charge is 0.355 e. The van der Waals surface area contributed by atoms with Gasteiger partial charge in [0.2, 0.25) is 0 Å². The Balaban J connectivity index is 0.987. The van der Waals surface area contributed by atoms with Gasteiger partial charge in [0.15, 0.2) is 21.5 Å². The number of hydrogen-bond acceptors (Lipinski definition) is 14. The predicted octanol–water partition coefficient (Wildman–Crippen LogP) is 9.06. The van der Waals surface area contributed by atoms with E-state index in [1.54, 1.807) is 36.3 Å². The molecule has 5 heterocycles. The Morgan fingerprint density at radius 3 is 2.27 bits per heavy atom. The number of benzene rings is 3. The van der Waals surface area contributed by atoms with Crippen molar-refractivity contribution in [2.45, 2.75) is 120 Å². The Bertz CT molecular complexity index is 3190. The number of amides is 3. The molecule has 410 valence electrons. The van der Waals surface area contributed by atoms with Crippen molar-refractivity contribution in [1.29, 1.82) is 0 Å². The van der Waals surface area contributed by atoms with Gasteiger partial charge in [0, 0.05) is 79.7 Å². The monoisotopic (exact) mass is 1120 g/mol. The summed E-state index contributed by atoms with van der Waals surface area (Å²) in [7, 11) is -3.65. The van der Waals surface area contributed by atoms with Gasteiger partial charge in [-0.2, -0.15) is 8.78 Å². The molecule has 3 amide bonds. The largest absolute Gasteiger partial charge is 0.404 e. The SMILES string of the molecule is CCCC(=O)SCCOP(=O)(OCCSC(=O)CCC)C(F)(F)c1ccc2ccc(C(=O)N[C@H]3CN(C(=O)c4noc5ccc(C)cc45)CC[C@H]4CC[C@@H]([N+](=O)N5C[C@H](c6ccn(C)c(=O)c6)CC56CC6)N4C3=O)cc2c1. The van der Waals surface area contributed by atoms with Crippen LogP contribution in [0.2, 0.25) is 0 Å². The third-order valence-corrected chi connectivity index (χ3v) is 18.8. The number of hydrogen-bond donors (Lipinski definition) is 1. The van der Waals surface area contributed by atoms with Gasteiger partial charge in [-0.1, -0.05) is 72.4 Å². The van der Waals surface area contributed by atoms with Gasteiger partial charge >= 0.3 is 19.4 Å². The van der Waals surface area contributed by atoms with Gasteiger partial charge in [-0.3, -0.25) is 38.2 Å². The Kier molecular flexibility index (Phi) is 16.9. The molecule has 0 bridgehead atoms. The second kappa shape index (κ2) is 23.3. The van der Waals surface area contributed by atoms with Gasteiger partial charge in [-0.15, -0.1) is 5.01 Å². The van der Waals surface area contributed by atoms with Crippen molar-refractivity contribution >= 4 is 80.8 Å². The molecule has 3 aliphatic heterocycles. The molecule has 18 nitrogen and oxygen atoms in total. The molecule has 4 fully saturated rings. The maximum atomic E-state index is 16.7. The highest BCUT2D eigenvalue weighted by atomic mass is 32.2. The molecular formula is C54H63F2N7O11PS2+. The molecule has 0 radical (unpaired) electrons. The van der Waals surface area contributed by atoms with E-state index in [1.807, 2.05) is 37.9 Å². The second-order valence-corrected chi connectivity index (χ2v) is 24.8. The summed E-state index contributed by atoms with van der Waals surface area (Å²) in [5.74, 6) is -2.09. The molecule has 3 saturated heterocycles. The van der Waals surface area contributed by atoms with Crippen molar-refractivity contribution in [3.63, 3.8) is 0 Å². The summed E-state index contributed by atoms with van der Waals surface area (Å²) in [5, 5.41) is 9.49. The molecule has 3 aromatic carbocycles. The van der Waals surface area contributed by atoms with Crippen LogP contribution < -0.4 is 10.9 Å². The quantitative estimate of drug-likeness (QED) is 0.0438. The Hall–Kier alpha value is -5.80. The molecule has 9 rings (SSSR count). The van der Waals surface area contributed by atoms with Crippen LogP contribution in [-0.2, 0) is 40.7 Å². The van der Waals surface area contributed by atoms with E-state index in [4.69, 9.17) is 13.6 Å². The number of pyridine rings is 1. The van der Waals surface area contributed by atoms with Crippen LogP contribution in [-0.4, -0.2) is 125 Å². The molecule has 4 atom stereocenters. The molecule has 23 heteroatoms. The van der Waals surface area contributed by atoms with Gasteiger partial charge < -0.3 is 28.4 Å². The van der Waals surface area contributed by atoms with Crippen LogP contribution in [0.3, 0.4) is 0 Å². The minimum atomic E-state index is -5.33. The number of nitroso groups, excluding NO2 is 1. The van der Waals surface area contributed by atoms with Crippen molar-refractivity contribution in [3.05, 3.63) is 116 Å². The average Bonchev–Trinajstić information content (AvgIpc) is 3.77. The molecule has 1 spiro atoms. The maximum Gasteiger partial charge on any atom is 0.404 e. The fourth-order valence-electron chi connectivity index (χ4n) is 10.7. The summed E-state index contributed by atoms with van der Waals surface area (Å²) >= 11 is 1.75. The zero-order valence-electron chi connectivity index (χ0n) is 43.5. The molecule has 5 aromatic rings. The van der Waals surface area contributed by atoms with Crippen LogP contribution in [0.1, 0.15) is 122 Å². The van der Waals surface area contributed by atoms with Crippen LogP contribution >= 0.6 is 31.1 Å². The van der Waals surface area contributed by atoms with Gasteiger partial charge in [0.25, 0.3) is 23.3 Å². The lowest BCUT2D eigenvalue weighted by molar-refractivity contribution is -0.752. The van der Waals surface area contributed by atoms with Crippen LogP contribution in [0.25, 0.3) is 21.7 Å². The number of halogens is 2. The fraction of sp³-hybridized carbons (Fsp3) is 0.500. The minimum Gasteiger partial charge on any atom is -0.355 e. The van der Waals surface area contributed by atoms with Gasteiger partial charge in [0.05, 0.1) is 42.1 Å². The molecule has 2 aromatic heterocycles. The number of thioether (sulfide) groups is 2. The third-order valence-electron chi connectivity index (χ3n) is 15.0. The van der Waals surface area contributed by atoms with Crippen molar-refractivity contribution in [2.24, 2.45) is 7.05 Å². The second-order valence-electron chi connectivity index (χ2n) is 20.4. The first-order chi connectivity index (χ1) is 36.8. The third kappa shape index (κ3) is 11.8. The maximum absolute atomic E-state index is 16.7. The van der Waals surface area contributed by atoms with Crippen molar-refractivity contribution < 1.29 is 55.8 Å². The zero-order valence-corrected chi connectivity index (χ0v) is 46.0. The average molecular weight is 1120 g/mol. The van der Waals surface area contributed by atoms with E-state index >= 15 is 13.6 Å². The molecule has 0 unspecified atom stereocenters. The minimum absolute atomic E-state index is 0.0311. The first-order valence-electron chi connectivity index (χ1n) is 26.2. The summed E-state index contributed by atoms with van der Waals surface area (Å²) in [4.78, 5) is 100.0. The Labute approximate surface area is 452 Å². The number of carbonyl (C=O) groups excluding carboxylic acids is 5. The van der Waals surface area contributed by atoms with Crippen molar-refractivity contribution in [1.82, 2.24) is 29.8 Å². The molecule has 1 aliphatic carbocycles. The highest BCUT2D eigenvalue weighted by Crippen LogP contribution is 2.67. The predicted molar refractivity (Wildman–Crippen MR) is 288 cm³/mol. The Morgan fingerprint density at radius 1 is 0.896 bits per heavy atom. The van der Waals surface area contributed by atoms with Crippen molar-refractivity contribution in [3.8, 4) is 0 Å². The summed E-state index contributed by atoms with van der Waals surface area (Å²) in [6.45, 7) is 4.71. The number of aryl methyl sites for hydroxylation is 2. The number of rotatable bonds is 20. The fourth-order valence-corrected chi connectivity index (χ4v) is 13.9. The van der Waals surface area contributed by atoms with E-state index in [1.165, 1.54) is 33.7 Å². The molecule has 4 aliphatic rings. The van der Waals surface area contributed by atoms with Crippen LogP contribution in [0.4, 0.5) is 8.78 Å². The summed E-state index contributed by atoms with van der Waals surface area (Å²) in [6, 6.07) is 14.8. The van der Waals surface area contributed by atoms with Crippen LogP contribution in [0.5, 0.6) is 0 Å². The normalized spacial score (nSPS) is 20.4. The lowest BCUT2D eigenvalue weighted by Gasteiger charge is -2.37. The van der Waals surface area contributed by atoms with Gasteiger partial charge in [-0.25, -0.2) is 0 Å². The molecular weight excluding hydrogens is 1060 g/mol. The topological polar surface area (TPSA) is 211 Å². The standard InChI is InChI=1S/C54H62F2N7O11PS2/c1-5-7-47(65)76-25-23-72-75(71,73-24-26-77-48(66)8-6-2)54(55,56)40-13-12-35-10-11-37(28-38(35)29-40)50(67)57-43-33-60(52(69)49-42-27-34(3)9-15-44(42)74-58-49)22-18-41-14-16-45(62(41)51(43)68)63(70)61-32-39(31-53(61)19-20-53)36-17-21-59(4)46(64)30-36/h9-13,15,17,21,27-30,39,41,43,45H,5-8,14,16,18-20,22-26,31-33H2,1-4H3/p+1/t39-,41-,43+,45-/m1/s1. The molecule has 77 heavy (non-hydrogen) atoms. The van der Waals surface area contributed by atoms with E-state index < -0.39 is 73.5 Å². The first-order valence-corrected chi connectivity index (χ1v) is 29.7. The molecule has 1 N–H and O–H groups in total. The Morgan fingerprint density at radius 2 is 1.60 bits per heavy atom. The van der Waals surface area contributed by atoms with Gasteiger partial charge in [0.1, 0.15) is 10.9 Å². The lowest BCUT2D eigenvalue weighted by Crippen LogP contribution is -2.62. The van der Waals surface area contributed by atoms with E-state index in [-0.39, 0.29) is 75.8 Å². The number of aromatic nitrogens is 2.